The summed E-state index contributed by atoms with van der Waals surface area (Å²) in [6.07, 6.45) is 5.01. The van der Waals surface area contributed by atoms with Crippen LogP contribution >= 0.6 is 11.6 Å². The van der Waals surface area contributed by atoms with E-state index in [-0.39, 0.29) is 29.2 Å². The number of aromatic amines is 1. The van der Waals surface area contributed by atoms with Crippen molar-refractivity contribution in [2.75, 3.05) is 32.8 Å². The van der Waals surface area contributed by atoms with Crippen LogP contribution in [0.4, 0.5) is 4.79 Å². The number of aromatic nitrogens is 2. The lowest BCUT2D eigenvalue weighted by Gasteiger charge is -2.39. The second-order valence-electron chi connectivity index (χ2n) is 15.5. The number of nitrogens with zero attached hydrogens (tertiary/aromatic N) is 2. The van der Waals surface area contributed by atoms with Gasteiger partial charge in [0, 0.05) is 43.8 Å². The number of carbonyl (C=O) groups is 3. The molecule has 4 amide bonds. The molecule has 2 aliphatic heterocycles. The Balaban J connectivity index is 1.39. The number of amides is 4. The number of imidazole rings is 1. The normalized spacial score (nSPS) is 20.3. The maximum atomic E-state index is 14.3. The Morgan fingerprint density at radius 1 is 1.02 bits per heavy atom. The SMILES string of the molecule is CCNC(=O)[C@H](NC(=O)C1(c2ccc3nc([C@@H](NC(=O)N4CCCC4)[C@H](c4ccccc4Cl)C4(C)CC4)[nH]c3c2)CCOCC1)C(C)(C)C. The van der Waals surface area contributed by atoms with Crippen LogP contribution < -0.4 is 16.0 Å². The van der Waals surface area contributed by atoms with Crippen LogP contribution in [0.3, 0.4) is 0 Å². The van der Waals surface area contributed by atoms with Gasteiger partial charge >= 0.3 is 6.03 Å². The van der Waals surface area contributed by atoms with Crippen molar-refractivity contribution in [1.29, 1.82) is 0 Å². The number of hydrogen-bond donors (Lipinski definition) is 4. The summed E-state index contributed by atoms with van der Waals surface area (Å²) in [6, 6.07) is 12.6. The Hall–Kier alpha value is -3.63. The first-order valence-electron chi connectivity index (χ1n) is 17.8. The molecule has 0 bridgehead atoms. The summed E-state index contributed by atoms with van der Waals surface area (Å²) in [5.41, 5.74) is 1.92. The molecule has 3 atom stereocenters. The number of H-pyrrole nitrogens is 1. The van der Waals surface area contributed by atoms with Crippen LogP contribution in [0.25, 0.3) is 11.0 Å². The number of fused-ring (bicyclic) bond motifs is 1. The van der Waals surface area contributed by atoms with Crippen molar-refractivity contribution in [3.05, 3.63) is 64.4 Å². The minimum atomic E-state index is -0.890. The fourth-order valence-electron chi connectivity index (χ4n) is 7.71. The smallest absolute Gasteiger partial charge is 0.318 e. The first kappa shape index (κ1) is 35.2. The van der Waals surface area contributed by atoms with Gasteiger partial charge in [0.1, 0.15) is 11.9 Å². The Kier molecular flexibility index (Phi) is 10.0. The second-order valence-corrected chi connectivity index (χ2v) is 15.9. The molecule has 2 aromatic carbocycles. The van der Waals surface area contributed by atoms with Crippen molar-refractivity contribution < 1.29 is 19.1 Å². The first-order valence-corrected chi connectivity index (χ1v) is 18.2. The van der Waals surface area contributed by atoms with E-state index in [4.69, 9.17) is 21.3 Å². The van der Waals surface area contributed by atoms with Crippen LogP contribution in [0.15, 0.2) is 42.5 Å². The molecule has 3 heterocycles. The van der Waals surface area contributed by atoms with Gasteiger partial charge in [0.2, 0.25) is 11.8 Å². The van der Waals surface area contributed by atoms with E-state index in [1.165, 1.54) is 0 Å². The number of likely N-dealkylation sites (N-methyl/N-ethyl adjacent to an activating group) is 1. The van der Waals surface area contributed by atoms with E-state index in [0.29, 0.717) is 43.4 Å². The molecule has 0 radical (unpaired) electrons. The fraction of sp³-hybridized carbons (Fsp3) is 0.579. The summed E-state index contributed by atoms with van der Waals surface area (Å²) in [6.45, 7) is 12.8. The largest absolute Gasteiger partial charge is 0.381 e. The molecule has 49 heavy (non-hydrogen) atoms. The standard InChI is InChI=1S/C38H51ClN6O4/c1-6-40-33(46)31(36(2,3)4)44-34(47)38(17-21-49-22-18-38)24-13-14-27-28(23-24)42-32(41-27)30(43-35(48)45-19-9-10-20-45)29(37(5)15-16-37)25-11-7-8-12-26(25)39/h7-8,11-14,23,29-31H,6,9-10,15-22H2,1-5H3,(H,40,46)(H,41,42)(H,43,48)(H,44,47)/t29-,30-,31-/m0/s1. The number of urea groups is 1. The van der Waals surface area contributed by atoms with Crippen molar-refractivity contribution in [2.45, 2.75) is 96.6 Å². The van der Waals surface area contributed by atoms with E-state index in [2.05, 4.69) is 33.9 Å². The fourth-order valence-corrected chi connectivity index (χ4v) is 7.96. The maximum absolute atomic E-state index is 14.3. The highest BCUT2D eigenvalue weighted by Gasteiger charge is 2.51. The number of ether oxygens (including phenoxy) is 1. The third kappa shape index (κ3) is 7.17. The van der Waals surface area contributed by atoms with Gasteiger partial charge < -0.3 is 30.6 Å². The van der Waals surface area contributed by atoms with Gasteiger partial charge in [0.05, 0.1) is 22.5 Å². The second kappa shape index (κ2) is 13.9. The topological polar surface area (TPSA) is 128 Å². The predicted molar refractivity (Wildman–Crippen MR) is 192 cm³/mol. The lowest BCUT2D eigenvalue weighted by Crippen LogP contribution is -2.58. The van der Waals surface area contributed by atoms with Crippen LogP contribution in [-0.4, -0.2) is 71.6 Å². The molecule has 1 aromatic heterocycles. The number of likely N-dealkylation sites (tertiary alicyclic amines) is 1. The molecule has 1 aliphatic carbocycles. The van der Waals surface area contributed by atoms with Gasteiger partial charge in [0.25, 0.3) is 0 Å². The monoisotopic (exact) mass is 690 g/mol. The number of benzene rings is 2. The zero-order valence-electron chi connectivity index (χ0n) is 29.5. The highest BCUT2D eigenvalue weighted by molar-refractivity contribution is 6.31. The van der Waals surface area contributed by atoms with Crippen molar-refractivity contribution in [1.82, 2.24) is 30.8 Å². The Morgan fingerprint density at radius 2 is 1.71 bits per heavy atom. The van der Waals surface area contributed by atoms with E-state index in [1.807, 2.05) is 69.0 Å². The lowest BCUT2D eigenvalue weighted by molar-refractivity contribution is -0.137. The Labute approximate surface area is 294 Å². The Morgan fingerprint density at radius 3 is 2.35 bits per heavy atom. The van der Waals surface area contributed by atoms with Crippen LogP contribution in [0.2, 0.25) is 5.02 Å². The summed E-state index contributed by atoms with van der Waals surface area (Å²) < 4.78 is 5.74. The van der Waals surface area contributed by atoms with Crippen LogP contribution in [0, 0.1) is 10.8 Å². The molecule has 0 unspecified atom stereocenters. The minimum Gasteiger partial charge on any atom is -0.381 e. The van der Waals surface area contributed by atoms with Crippen molar-refractivity contribution in [2.24, 2.45) is 10.8 Å². The summed E-state index contributed by atoms with van der Waals surface area (Å²) in [7, 11) is 0. The predicted octanol–water partition coefficient (Wildman–Crippen LogP) is 6.36. The number of halogens is 1. The quantitative estimate of drug-likeness (QED) is 0.197. The molecule has 0 spiro atoms. The molecule has 11 heteroatoms. The molecule has 3 aromatic rings. The number of rotatable bonds is 10. The molecule has 2 saturated heterocycles. The summed E-state index contributed by atoms with van der Waals surface area (Å²) in [4.78, 5) is 51.7. The van der Waals surface area contributed by atoms with E-state index < -0.39 is 22.9 Å². The molecule has 3 aliphatic rings. The molecule has 6 rings (SSSR count). The highest BCUT2D eigenvalue weighted by Crippen LogP contribution is 2.60. The Bertz CT molecular complexity index is 1680. The van der Waals surface area contributed by atoms with Gasteiger partial charge in [-0.3, -0.25) is 9.59 Å². The number of nitrogens with one attached hydrogen (secondary N) is 4. The third-order valence-electron chi connectivity index (χ3n) is 10.9. The van der Waals surface area contributed by atoms with Gasteiger partial charge in [-0.1, -0.05) is 63.6 Å². The minimum absolute atomic E-state index is 0.0595. The molecular weight excluding hydrogens is 640 g/mol. The van der Waals surface area contributed by atoms with Crippen molar-refractivity contribution >= 4 is 40.5 Å². The highest BCUT2D eigenvalue weighted by atomic mass is 35.5. The molecule has 3 fully saturated rings. The van der Waals surface area contributed by atoms with Gasteiger partial charge in [-0.05, 0) is 85.6 Å². The average molecular weight is 691 g/mol. The van der Waals surface area contributed by atoms with E-state index in [9.17, 15) is 14.4 Å². The van der Waals surface area contributed by atoms with Crippen molar-refractivity contribution in [3.8, 4) is 0 Å². The van der Waals surface area contributed by atoms with E-state index >= 15 is 0 Å². The molecular formula is C38H51ClN6O4. The summed E-state index contributed by atoms with van der Waals surface area (Å²) in [5.74, 6) is 0.173. The number of carbonyl (C=O) groups excluding carboxylic acids is 3. The van der Waals surface area contributed by atoms with Gasteiger partial charge in [0.15, 0.2) is 0 Å². The zero-order chi connectivity index (χ0) is 35.0. The molecule has 1 saturated carbocycles. The zero-order valence-corrected chi connectivity index (χ0v) is 30.2. The summed E-state index contributed by atoms with van der Waals surface area (Å²) in [5, 5.41) is 10.1. The molecule has 4 N–H and O–H groups in total. The third-order valence-corrected chi connectivity index (χ3v) is 11.3. The number of hydrogen-bond acceptors (Lipinski definition) is 5. The van der Waals surface area contributed by atoms with Crippen molar-refractivity contribution in [3.63, 3.8) is 0 Å². The first-order chi connectivity index (χ1) is 23.4. The van der Waals surface area contributed by atoms with Crippen LogP contribution in [0.1, 0.15) is 102 Å². The average Bonchev–Trinajstić information content (AvgIpc) is 3.43. The maximum Gasteiger partial charge on any atom is 0.318 e. The van der Waals surface area contributed by atoms with E-state index in [0.717, 1.165) is 60.9 Å². The summed E-state index contributed by atoms with van der Waals surface area (Å²) >= 11 is 6.85. The van der Waals surface area contributed by atoms with Gasteiger partial charge in [-0.2, -0.15) is 0 Å². The van der Waals surface area contributed by atoms with Gasteiger partial charge in [-0.15, -0.1) is 0 Å². The van der Waals surface area contributed by atoms with Crippen LogP contribution in [0.5, 0.6) is 0 Å². The van der Waals surface area contributed by atoms with Gasteiger partial charge in [-0.25, -0.2) is 9.78 Å². The lowest BCUT2D eigenvalue weighted by atomic mass is 9.72. The molecule has 10 nitrogen and oxygen atoms in total. The van der Waals surface area contributed by atoms with E-state index in [1.54, 1.807) is 0 Å². The van der Waals surface area contributed by atoms with Crippen LogP contribution in [-0.2, 0) is 19.7 Å². The molecule has 264 valence electrons.